The topological polar surface area (TPSA) is 54.0 Å². The van der Waals surface area contributed by atoms with Gasteiger partial charge in [0, 0.05) is 29.7 Å². The Bertz CT molecular complexity index is 918. The second-order valence-electron chi connectivity index (χ2n) is 6.08. The van der Waals surface area contributed by atoms with Crippen molar-refractivity contribution in [2.45, 2.75) is 19.0 Å². The molecule has 2 N–H and O–H groups in total. The van der Waals surface area contributed by atoms with Gasteiger partial charge in [-0.25, -0.2) is 4.79 Å². The maximum absolute atomic E-state index is 12.5. The summed E-state index contributed by atoms with van der Waals surface area (Å²) < 4.78 is 37.6. The molecule has 7 heteroatoms. The number of pyridine rings is 1. The number of nitrogens with one attached hydrogen (secondary N) is 2. The number of alkyl halides is 3. The van der Waals surface area contributed by atoms with Crippen molar-refractivity contribution in [3.05, 3.63) is 72.1 Å². The highest BCUT2D eigenvalue weighted by atomic mass is 19.4. The van der Waals surface area contributed by atoms with Crippen molar-refractivity contribution < 1.29 is 18.0 Å². The molecule has 4 nitrogen and oxygen atoms in total. The first-order valence-electron chi connectivity index (χ1n) is 8.47. The van der Waals surface area contributed by atoms with Crippen LogP contribution in [0.3, 0.4) is 0 Å². The number of fused-ring (bicyclic) bond motifs is 1. The van der Waals surface area contributed by atoms with Crippen LogP contribution in [0.2, 0.25) is 0 Å². The van der Waals surface area contributed by atoms with Crippen LogP contribution in [0.15, 0.2) is 60.9 Å². The van der Waals surface area contributed by atoms with Gasteiger partial charge in [-0.2, -0.15) is 13.2 Å². The predicted molar refractivity (Wildman–Crippen MR) is 98.5 cm³/mol. The van der Waals surface area contributed by atoms with E-state index in [9.17, 15) is 18.0 Å². The van der Waals surface area contributed by atoms with Gasteiger partial charge in [-0.15, -0.1) is 0 Å². The Hall–Kier alpha value is -3.09. The molecule has 2 aromatic carbocycles. The van der Waals surface area contributed by atoms with Crippen LogP contribution >= 0.6 is 0 Å². The molecular weight excluding hydrogens is 355 g/mol. The van der Waals surface area contributed by atoms with Gasteiger partial charge in [-0.3, -0.25) is 4.98 Å². The zero-order chi connectivity index (χ0) is 19.3. The van der Waals surface area contributed by atoms with Gasteiger partial charge in [0.15, 0.2) is 0 Å². The summed E-state index contributed by atoms with van der Waals surface area (Å²) in [5, 5.41) is 7.38. The van der Waals surface area contributed by atoms with E-state index < -0.39 is 11.7 Å². The maximum atomic E-state index is 12.5. The molecule has 2 amide bonds. The van der Waals surface area contributed by atoms with Gasteiger partial charge in [0.25, 0.3) is 0 Å². The number of carbonyl (C=O) groups excluding carboxylic acids is 1. The van der Waals surface area contributed by atoms with E-state index in [2.05, 4.69) is 15.6 Å². The number of hydrogen-bond donors (Lipinski definition) is 2. The fraction of sp³-hybridized carbons (Fsp3) is 0.200. The average molecular weight is 373 g/mol. The fourth-order valence-electron chi connectivity index (χ4n) is 2.75. The van der Waals surface area contributed by atoms with Gasteiger partial charge in [0.2, 0.25) is 0 Å². The molecule has 0 atom stereocenters. The van der Waals surface area contributed by atoms with E-state index >= 15 is 0 Å². The Morgan fingerprint density at radius 2 is 1.81 bits per heavy atom. The van der Waals surface area contributed by atoms with Crippen molar-refractivity contribution in [1.29, 1.82) is 0 Å². The minimum absolute atomic E-state index is 0.327. The molecule has 140 valence electrons. The van der Waals surface area contributed by atoms with E-state index in [-0.39, 0.29) is 6.03 Å². The number of hydrogen-bond acceptors (Lipinski definition) is 2. The summed E-state index contributed by atoms with van der Waals surface area (Å²) in [6.45, 7) is 0.416. The highest BCUT2D eigenvalue weighted by molar-refractivity contribution is 6.01. The van der Waals surface area contributed by atoms with Crippen molar-refractivity contribution in [2.24, 2.45) is 0 Å². The highest BCUT2D eigenvalue weighted by Gasteiger charge is 2.29. The van der Waals surface area contributed by atoms with Gasteiger partial charge in [-0.05, 0) is 42.7 Å². The Balaban J connectivity index is 1.47. The van der Waals surface area contributed by atoms with E-state index in [1.807, 2.05) is 24.3 Å². The number of aromatic nitrogens is 1. The lowest BCUT2D eigenvalue weighted by atomic mass is 10.1. The fourth-order valence-corrected chi connectivity index (χ4v) is 2.75. The summed E-state index contributed by atoms with van der Waals surface area (Å²) in [5.74, 6) is 0. The molecule has 1 aromatic heterocycles. The van der Waals surface area contributed by atoms with E-state index in [1.165, 1.54) is 12.1 Å². The summed E-state index contributed by atoms with van der Waals surface area (Å²) in [5.41, 5.74) is 0.830. The van der Waals surface area contributed by atoms with E-state index in [1.54, 1.807) is 12.4 Å². The molecule has 0 aliphatic rings. The number of amides is 2. The van der Waals surface area contributed by atoms with E-state index in [0.29, 0.717) is 25.1 Å². The van der Waals surface area contributed by atoms with Crippen LogP contribution in [-0.2, 0) is 12.6 Å². The van der Waals surface area contributed by atoms with Crippen LogP contribution in [0.25, 0.3) is 10.8 Å². The van der Waals surface area contributed by atoms with Gasteiger partial charge >= 0.3 is 12.2 Å². The third kappa shape index (κ3) is 4.97. The standard InChI is InChI=1S/C20H18F3N3O/c21-20(22,23)16-8-6-14(7-9-16)3-2-11-25-19(27)26-18-5-1-4-15-13-24-12-10-17(15)18/h1,4-10,12-13H,2-3,11H2,(H2,25,26,27). The molecule has 0 spiro atoms. The van der Waals surface area contributed by atoms with Gasteiger partial charge < -0.3 is 10.6 Å². The van der Waals surface area contributed by atoms with Crippen LogP contribution in [0.1, 0.15) is 17.5 Å². The minimum Gasteiger partial charge on any atom is -0.338 e. The molecule has 0 fully saturated rings. The molecule has 0 unspecified atom stereocenters. The highest BCUT2D eigenvalue weighted by Crippen LogP contribution is 2.29. The van der Waals surface area contributed by atoms with Crippen molar-refractivity contribution in [3.8, 4) is 0 Å². The number of halogens is 3. The molecule has 1 heterocycles. The summed E-state index contributed by atoms with van der Waals surface area (Å²) in [6.07, 6.45) is 0.268. The summed E-state index contributed by atoms with van der Waals surface area (Å²) in [6, 6.07) is 12.1. The molecule has 0 aliphatic heterocycles. The van der Waals surface area contributed by atoms with Crippen molar-refractivity contribution in [2.75, 3.05) is 11.9 Å². The van der Waals surface area contributed by atoms with Crippen molar-refractivity contribution in [3.63, 3.8) is 0 Å². The molecule has 0 saturated carbocycles. The third-order valence-corrected chi connectivity index (χ3v) is 4.14. The zero-order valence-electron chi connectivity index (χ0n) is 14.4. The average Bonchev–Trinajstić information content (AvgIpc) is 2.65. The van der Waals surface area contributed by atoms with Crippen LogP contribution in [0.4, 0.5) is 23.7 Å². The largest absolute Gasteiger partial charge is 0.416 e. The molecule has 0 saturated heterocycles. The second kappa shape index (κ2) is 8.07. The maximum Gasteiger partial charge on any atom is 0.416 e. The first kappa shape index (κ1) is 18.7. The summed E-state index contributed by atoms with van der Waals surface area (Å²) in [4.78, 5) is 16.1. The molecule has 0 bridgehead atoms. The van der Waals surface area contributed by atoms with Gasteiger partial charge in [-0.1, -0.05) is 24.3 Å². The molecular formula is C20H18F3N3O. The second-order valence-corrected chi connectivity index (χ2v) is 6.08. The lowest BCUT2D eigenvalue weighted by Crippen LogP contribution is -2.29. The van der Waals surface area contributed by atoms with Gasteiger partial charge in [0.1, 0.15) is 0 Å². The van der Waals surface area contributed by atoms with E-state index in [4.69, 9.17) is 0 Å². The predicted octanol–water partition coefficient (Wildman–Crippen LogP) is 5.01. The first-order chi connectivity index (χ1) is 12.9. The lowest BCUT2D eigenvalue weighted by Gasteiger charge is -2.10. The number of aryl methyl sites for hydroxylation is 1. The Labute approximate surface area is 154 Å². The Morgan fingerprint density at radius 1 is 1.04 bits per heavy atom. The van der Waals surface area contributed by atoms with Crippen molar-refractivity contribution in [1.82, 2.24) is 10.3 Å². The zero-order valence-corrected chi connectivity index (χ0v) is 14.4. The molecule has 0 radical (unpaired) electrons. The van der Waals surface area contributed by atoms with E-state index in [0.717, 1.165) is 28.5 Å². The quantitative estimate of drug-likeness (QED) is 0.618. The lowest BCUT2D eigenvalue weighted by molar-refractivity contribution is -0.137. The summed E-state index contributed by atoms with van der Waals surface area (Å²) >= 11 is 0. The SMILES string of the molecule is O=C(NCCCc1ccc(C(F)(F)F)cc1)Nc1cccc2cnccc12. The number of nitrogens with zero attached hydrogens (tertiary/aromatic N) is 1. The van der Waals surface area contributed by atoms with Crippen LogP contribution < -0.4 is 10.6 Å². The Morgan fingerprint density at radius 3 is 2.56 bits per heavy atom. The number of benzene rings is 2. The molecule has 27 heavy (non-hydrogen) atoms. The van der Waals surface area contributed by atoms with Gasteiger partial charge in [0.05, 0.1) is 11.3 Å². The number of urea groups is 1. The monoisotopic (exact) mass is 373 g/mol. The third-order valence-electron chi connectivity index (χ3n) is 4.14. The molecule has 3 rings (SSSR count). The van der Waals surface area contributed by atoms with Crippen LogP contribution in [-0.4, -0.2) is 17.6 Å². The first-order valence-corrected chi connectivity index (χ1v) is 8.47. The van der Waals surface area contributed by atoms with Crippen LogP contribution in [0, 0.1) is 0 Å². The normalized spacial score (nSPS) is 11.4. The number of anilines is 1. The molecule has 3 aromatic rings. The summed E-state index contributed by atoms with van der Waals surface area (Å²) in [7, 11) is 0. The van der Waals surface area contributed by atoms with Crippen molar-refractivity contribution >= 4 is 22.5 Å². The Kier molecular flexibility index (Phi) is 5.59. The minimum atomic E-state index is -4.32. The molecule has 0 aliphatic carbocycles. The number of carbonyl (C=O) groups is 1. The smallest absolute Gasteiger partial charge is 0.338 e. The number of rotatable bonds is 5. The van der Waals surface area contributed by atoms with Crippen LogP contribution in [0.5, 0.6) is 0 Å².